The van der Waals surface area contributed by atoms with Gasteiger partial charge in [-0.1, -0.05) is 17.7 Å². The molecule has 1 aromatic rings. The fourth-order valence-corrected chi connectivity index (χ4v) is 2.95. The Morgan fingerprint density at radius 3 is 2.70 bits per heavy atom. The molecule has 0 radical (unpaired) electrons. The SMILES string of the molecule is CS(=O)(=O)N(CCC(=O)NC1CC1)c1cccc(Cl)c1. The third kappa shape index (κ3) is 4.38. The van der Waals surface area contributed by atoms with Gasteiger partial charge in [0.1, 0.15) is 0 Å². The molecule has 0 spiro atoms. The van der Waals surface area contributed by atoms with E-state index in [1.54, 1.807) is 24.3 Å². The van der Waals surface area contributed by atoms with Crippen molar-refractivity contribution in [2.45, 2.75) is 25.3 Å². The van der Waals surface area contributed by atoms with E-state index in [9.17, 15) is 13.2 Å². The van der Waals surface area contributed by atoms with Crippen LogP contribution >= 0.6 is 11.6 Å². The Balaban J connectivity index is 2.06. The molecule has 0 aromatic heterocycles. The number of nitrogens with one attached hydrogen (secondary N) is 1. The summed E-state index contributed by atoms with van der Waals surface area (Å²) in [6.45, 7) is 0.109. The number of anilines is 1. The molecule has 1 amide bonds. The zero-order valence-corrected chi connectivity index (χ0v) is 12.7. The molecule has 0 saturated heterocycles. The minimum Gasteiger partial charge on any atom is -0.353 e. The maximum atomic E-state index is 11.8. The van der Waals surface area contributed by atoms with E-state index < -0.39 is 10.0 Å². The number of nitrogens with zero attached hydrogens (tertiary/aromatic N) is 1. The number of hydrogen-bond acceptors (Lipinski definition) is 3. The van der Waals surface area contributed by atoms with Crippen molar-refractivity contribution >= 4 is 33.2 Å². The van der Waals surface area contributed by atoms with Crippen LogP contribution in [0.2, 0.25) is 5.02 Å². The van der Waals surface area contributed by atoms with Crippen molar-refractivity contribution in [3.8, 4) is 0 Å². The molecule has 2 rings (SSSR count). The van der Waals surface area contributed by atoms with Crippen LogP contribution in [0.1, 0.15) is 19.3 Å². The molecule has 1 aliphatic rings. The molecule has 1 N–H and O–H groups in total. The third-order valence-electron chi connectivity index (χ3n) is 2.98. The Morgan fingerprint density at radius 1 is 1.45 bits per heavy atom. The van der Waals surface area contributed by atoms with Crippen molar-refractivity contribution in [1.29, 1.82) is 0 Å². The first-order chi connectivity index (χ1) is 9.36. The molecule has 110 valence electrons. The topological polar surface area (TPSA) is 66.5 Å². The van der Waals surface area contributed by atoms with Gasteiger partial charge < -0.3 is 5.32 Å². The van der Waals surface area contributed by atoms with E-state index in [1.165, 1.54) is 4.31 Å². The van der Waals surface area contributed by atoms with E-state index in [0.29, 0.717) is 10.7 Å². The fraction of sp³-hybridized carbons (Fsp3) is 0.462. The summed E-state index contributed by atoms with van der Waals surface area (Å²) in [6.07, 6.45) is 3.27. The van der Waals surface area contributed by atoms with Gasteiger partial charge in [0, 0.05) is 24.0 Å². The molecule has 0 bridgehead atoms. The van der Waals surface area contributed by atoms with Crippen LogP contribution < -0.4 is 9.62 Å². The molecule has 0 heterocycles. The van der Waals surface area contributed by atoms with Crippen molar-refractivity contribution in [2.75, 3.05) is 17.1 Å². The van der Waals surface area contributed by atoms with Gasteiger partial charge in [-0.25, -0.2) is 8.42 Å². The monoisotopic (exact) mass is 316 g/mol. The summed E-state index contributed by atoms with van der Waals surface area (Å²) in [7, 11) is -3.45. The van der Waals surface area contributed by atoms with Gasteiger partial charge in [-0.3, -0.25) is 9.10 Å². The Bertz CT molecular complexity index is 599. The molecule has 5 nitrogen and oxygen atoms in total. The Morgan fingerprint density at radius 2 is 2.15 bits per heavy atom. The number of carbonyl (C=O) groups excluding carboxylic acids is 1. The fourth-order valence-electron chi connectivity index (χ4n) is 1.85. The van der Waals surface area contributed by atoms with Crippen LogP contribution in [0.4, 0.5) is 5.69 Å². The summed E-state index contributed by atoms with van der Waals surface area (Å²) in [4.78, 5) is 11.7. The third-order valence-corrected chi connectivity index (χ3v) is 4.41. The molecule has 0 aliphatic heterocycles. The average molecular weight is 317 g/mol. The number of carbonyl (C=O) groups is 1. The summed E-state index contributed by atoms with van der Waals surface area (Å²) in [5, 5.41) is 3.29. The van der Waals surface area contributed by atoms with Gasteiger partial charge in [0.05, 0.1) is 11.9 Å². The van der Waals surface area contributed by atoms with E-state index in [2.05, 4.69) is 5.32 Å². The lowest BCUT2D eigenvalue weighted by atomic mass is 10.3. The van der Waals surface area contributed by atoms with Gasteiger partial charge in [-0.05, 0) is 31.0 Å². The van der Waals surface area contributed by atoms with Gasteiger partial charge in [0.2, 0.25) is 15.9 Å². The van der Waals surface area contributed by atoms with E-state index >= 15 is 0 Å². The van der Waals surface area contributed by atoms with Crippen molar-refractivity contribution in [1.82, 2.24) is 5.32 Å². The summed E-state index contributed by atoms with van der Waals surface area (Å²) in [5.74, 6) is -0.122. The van der Waals surface area contributed by atoms with Crippen molar-refractivity contribution in [3.05, 3.63) is 29.3 Å². The lowest BCUT2D eigenvalue weighted by Crippen LogP contribution is -2.35. The smallest absolute Gasteiger partial charge is 0.232 e. The Kier molecular flexibility index (Phi) is 4.55. The molecule has 1 aliphatic carbocycles. The molecule has 1 fully saturated rings. The van der Waals surface area contributed by atoms with Crippen LogP contribution in [0.5, 0.6) is 0 Å². The first-order valence-electron chi connectivity index (χ1n) is 6.39. The van der Waals surface area contributed by atoms with E-state index in [1.807, 2.05) is 0 Å². The maximum Gasteiger partial charge on any atom is 0.232 e. The predicted molar refractivity (Wildman–Crippen MR) is 79.4 cm³/mol. The molecule has 1 aromatic carbocycles. The molecule has 1 saturated carbocycles. The first-order valence-corrected chi connectivity index (χ1v) is 8.61. The second kappa shape index (κ2) is 6.01. The van der Waals surface area contributed by atoms with Crippen LogP contribution in [-0.2, 0) is 14.8 Å². The van der Waals surface area contributed by atoms with Gasteiger partial charge in [0.15, 0.2) is 0 Å². The minimum atomic E-state index is -3.45. The van der Waals surface area contributed by atoms with E-state index in [-0.39, 0.29) is 24.9 Å². The van der Waals surface area contributed by atoms with Crippen molar-refractivity contribution in [2.24, 2.45) is 0 Å². The molecular formula is C13H17ClN2O3S. The largest absolute Gasteiger partial charge is 0.353 e. The zero-order valence-electron chi connectivity index (χ0n) is 11.2. The van der Waals surface area contributed by atoms with Gasteiger partial charge in [0.25, 0.3) is 0 Å². The lowest BCUT2D eigenvalue weighted by molar-refractivity contribution is -0.121. The maximum absolute atomic E-state index is 11.8. The molecule has 0 atom stereocenters. The number of hydrogen-bond donors (Lipinski definition) is 1. The highest BCUT2D eigenvalue weighted by atomic mass is 35.5. The minimum absolute atomic E-state index is 0.109. The number of benzene rings is 1. The van der Waals surface area contributed by atoms with E-state index in [0.717, 1.165) is 19.1 Å². The molecule has 20 heavy (non-hydrogen) atoms. The summed E-state index contributed by atoms with van der Waals surface area (Å²) >= 11 is 5.88. The van der Waals surface area contributed by atoms with Gasteiger partial charge in [-0.15, -0.1) is 0 Å². The zero-order chi connectivity index (χ0) is 14.8. The summed E-state index contributed by atoms with van der Waals surface area (Å²) < 4.78 is 24.9. The second-order valence-corrected chi connectivity index (χ2v) is 7.25. The number of halogens is 1. The van der Waals surface area contributed by atoms with Crippen LogP contribution in [0.15, 0.2) is 24.3 Å². The number of sulfonamides is 1. The van der Waals surface area contributed by atoms with Crippen molar-refractivity contribution < 1.29 is 13.2 Å². The predicted octanol–water partition coefficient (Wildman–Crippen LogP) is 1.77. The summed E-state index contributed by atoms with van der Waals surface area (Å²) in [6, 6.07) is 6.86. The molecule has 0 unspecified atom stereocenters. The lowest BCUT2D eigenvalue weighted by Gasteiger charge is -2.22. The summed E-state index contributed by atoms with van der Waals surface area (Å²) in [5.41, 5.74) is 0.472. The highest BCUT2D eigenvalue weighted by Gasteiger charge is 2.24. The molecular weight excluding hydrogens is 300 g/mol. The highest BCUT2D eigenvalue weighted by Crippen LogP contribution is 2.22. The number of rotatable bonds is 6. The van der Waals surface area contributed by atoms with E-state index in [4.69, 9.17) is 11.6 Å². The molecule has 7 heteroatoms. The van der Waals surface area contributed by atoms with Gasteiger partial charge >= 0.3 is 0 Å². The van der Waals surface area contributed by atoms with Crippen LogP contribution in [-0.4, -0.2) is 33.2 Å². The standard InChI is InChI=1S/C13H17ClN2O3S/c1-20(18,19)16(12-4-2-3-10(14)9-12)8-7-13(17)15-11-5-6-11/h2-4,9,11H,5-8H2,1H3,(H,15,17). The number of amides is 1. The van der Waals surface area contributed by atoms with Crippen LogP contribution in [0.25, 0.3) is 0 Å². The van der Waals surface area contributed by atoms with Crippen molar-refractivity contribution in [3.63, 3.8) is 0 Å². The van der Waals surface area contributed by atoms with Crippen LogP contribution in [0, 0.1) is 0 Å². The normalized spacial score (nSPS) is 14.9. The second-order valence-electron chi connectivity index (χ2n) is 4.91. The van der Waals surface area contributed by atoms with Gasteiger partial charge in [-0.2, -0.15) is 0 Å². The highest BCUT2D eigenvalue weighted by molar-refractivity contribution is 7.92. The first kappa shape index (κ1) is 15.1. The Labute approximate surface area is 124 Å². The van der Waals surface area contributed by atoms with Crippen LogP contribution in [0.3, 0.4) is 0 Å². The quantitative estimate of drug-likeness (QED) is 0.870. The average Bonchev–Trinajstić information content (AvgIpc) is 3.11. The Hall–Kier alpha value is -1.27.